The second kappa shape index (κ2) is 9.65. The number of benzene rings is 1. The lowest BCUT2D eigenvalue weighted by molar-refractivity contribution is 0.0411. The first-order valence-corrected chi connectivity index (χ1v) is 11.6. The average molecular weight is 487 g/mol. The van der Waals surface area contributed by atoms with Crippen molar-refractivity contribution in [3.05, 3.63) is 72.3 Å². The van der Waals surface area contributed by atoms with Crippen molar-refractivity contribution in [3.63, 3.8) is 0 Å². The third kappa shape index (κ3) is 4.21. The number of hydrogen-bond acceptors (Lipinski definition) is 7. The minimum absolute atomic E-state index is 0.0841. The van der Waals surface area contributed by atoms with Crippen molar-refractivity contribution in [1.82, 2.24) is 29.4 Å². The summed E-state index contributed by atoms with van der Waals surface area (Å²) in [6.45, 7) is 3.20. The molecule has 1 fully saturated rings. The number of methoxy groups -OCH3 is 2. The zero-order chi connectivity index (χ0) is 25.2. The molecule has 184 valence electrons. The van der Waals surface area contributed by atoms with Crippen molar-refractivity contribution in [2.75, 3.05) is 33.9 Å². The fourth-order valence-corrected chi connectivity index (χ4v) is 4.47. The van der Waals surface area contributed by atoms with Gasteiger partial charge in [-0.15, -0.1) is 0 Å². The highest BCUT2D eigenvalue weighted by atomic mass is 16.5. The Kier molecular flexibility index (Phi) is 6.24. The number of amides is 2. The molecule has 0 aliphatic carbocycles. The number of carbonyl (C=O) groups is 2. The molecule has 1 saturated heterocycles. The van der Waals surface area contributed by atoms with Crippen LogP contribution in [0.25, 0.3) is 16.9 Å². The van der Waals surface area contributed by atoms with E-state index in [-0.39, 0.29) is 17.9 Å². The molecular weight excluding hydrogens is 460 g/mol. The number of rotatable bonds is 5. The summed E-state index contributed by atoms with van der Waals surface area (Å²) >= 11 is 0. The normalized spacial score (nSPS) is 15.7. The summed E-state index contributed by atoms with van der Waals surface area (Å²) in [5.74, 6) is 0.938. The van der Waals surface area contributed by atoms with E-state index in [0.717, 1.165) is 11.3 Å². The number of carbonyl (C=O) groups excluding carboxylic acids is 2. The third-order valence-electron chi connectivity index (χ3n) is 6.34. The molecule has 4 heterocycles. The lowest BCUT2D eigenvalue weighted by Gasteiger charge is -2.39. The number of hydrogen-bond donors (Lipinski definition) is 0. The molecule has 0 unspecified atom stereocenters. The maximum absolute atomic E-state index is 13.4. The standard InChI is InChI=1S/C26H26N6O4/c1-17-16-30(11-12-31(17)25(33)19-5-4-9-27-15-19)26(34)20-14-24-28-10-8-21(32(24)29-20)18-6-7-22(35-2)23(13-18)36-3/h4-10,13-15,17H,11-12,16H2,1-3H3/t17-/m0/s1. The molecule has 0 spiro atoms. The maximum atomic E-state index is 13.4. The molecule has 1 aromatic carbocycles. The summed E-state index contributed by atoms with van der Waals surface area (Å²) in [5.41, 5.74) is 3.01. The van der Waals surface area contributed by atoms with Crippen molar-refractivity contribution < 1.29 is 19.1 Å². The van der Waals surface area contributed by atoms with Crippen LogP contribution >= 0.6 is 0 Å². The summed E-state index contributed by atoms with van der Waals surface area (Å²) in [7, 11) is 3.17. The average Bonchev–Trinajstić information content (AvgIpc) is 3.37. The maximum Gasteiger partial charge on any atom is 0.274 e. The van der Waals surface area contributed by atoms with Crippen molar-refractivity contribution in [1.29, 1.82) is 0 Å². The fourth-order valence-electron chi connectivity index (χ4n) is 4.47. The van der Waals surface area contributed by atoms with Gasteiger partial charge in [-0.2, -0.15) is 5.10 Å². The Hall–Kier alpha value is -4.47. The van der Waals surface area contributed by atoms with E-state index in [1.54, 1.807) is 65.3 Å². The Morgan fingerprint density at radius 3 is 2.53 bits per heavy atom. The van der Waals surface area contributed by atoms with Crippen LogP contribution < -0.4 is 9.47 Å². The summed E-state index contributed by atoms with van der Waals surface area (Å²) < 4.78 is 12.4. The molecule has 5 rings (SSSR count). The molecule has 36 heavy (non-hydrogen) atoms. The van der Waals surface area contributed by atoms with E-state index in [0.29, 0.717) is 48.0 Å². The van der Waals surface area contributed by atoms with Gasteiger partial charge >= 0.3 is 0 Å². The molecule has 0 bridgehead atoms. The van der Waals surface area contributed by atoms with Crippen LogP contribution in [0.3, 0.4) is 0 Å². The lowest BCUT2D eigenvalue weighted by Crippen LogP contribution is -2.55. The predicted molar refractivity (Wildman–Crippen MR) is 132 cm³/mol. The minimum Gasteiger partial charge on any atom is -0.493 e. The number of pyridine rings is 1. The van der Waals surface area contributed by atoms with E-state index in [2.05, 4.69) is 15.1 Å². The van der Waals surface area contributed by atoms with Gasteiger partial charge in [0.1, 0.15) is 0 Å². The van der Waals surface area contributed by atoms with E-state index >= 15 is 0 Å². The van der Waals surface area contributed by atoms with Crippen molar-refractivity contribution in [2.24, 2.45) is 0 Å². The molecule has 10 nitrogen and oxygen atoms in total. The largest absolute Gasteiger partial charge is 0.493 e. The number of aromatic nitrogens is 4. The van der Waals surface area contributed by atoms with Gasteiger partial charge in [-0.05, 0) is 43.3 Å². The van der Waals surface area contributed by atoms with Gasteiger partial charge in [0, 0.05) is 55.9 Å². The number of ether oxygens (including phenoxy) is 2. The van der Waals surface area contributed by atoms with E-state index < -0.39 is 0 Å². The molecule has 2 amide bonds. The molecule has 10 heteroatoms. The summed E-state index contributed by atoms with van der Waals surface area (Å²) in [4.78, 5) is 38.2. The van der Waals surface area contributed by atoms with Crippen LogP contribution in [0.4, 0.5) is 0 Å². The van der Waals surface area contributed by atoms with Gasteiger partial charge in [-0.3, -0.25) is 14.6 Å². The van der Waals surface area contributed by atoms with Crippen molar-refractivity contribution in [2.45, 2.75) is 13.0 Å². The lowest BCUT2D eigenvalue weighted by atomic mass is 10.1. The number of fused-ring (bicyclic) bond motifs is 1. The van der Waals surface area contributed by atoms with Gasteiger partial charge in [0.05, 0.1) is 25.5 Å². The van der Waals surface area contributed by atoms with Gasteiger partial charge in [-0.1, -0.05) is 0 Å². The first-order valence-electron chi connectivity index (χ1n) is 11.6. The smallest absolute Gasteiger partial charge is 0.274 e. The van der Waals surface area contributed by atoms with Crippen LogP contribution in [0.5, 0.6) is 11.5 Å². The fraction of sp³-hybridized carbons (Fsp3) is 0.269. The third-order valence-corrected chi connectivity index (χ3v) is 6.34. The quantitative estimate of drug-likeness (QED) is 0.427. The van der Waals surface area contributed by atoms with E-state index in [1.807, 2.05) is 31.2 Å². The monoisotopic (exact) mass is 486 g/mol. The Bertz CT molecular complexity index is 1420. The predicted octanol–water partition coefficient (Wildman–Crippen LogP) is 2.80. The van der Waals surface area contributed by atoms with Crippen LogP contribution in [0, 0.1) is 0 Å². The summed E-state index contributed by atoms with van der Waals surface area (Å²) in [6, 6.07) is 12.4. The van der Waals surface area contributed by atoms with E-state index in [9.17, 15) is 9.59 Å². The van der Waals surface area contributed by atoms with Gasteiger partial charge in [0.15, 0.2) is 22.8 Å². The van der Waals surface area contributed by atoms with E-state index in [4.69, 9.17) is 9.47 Å². The first kappa shape index (κ1) is 23.3. The second-order valence-electron chi connectivity index (χ2n) is 8.54. The first-order chi connectivity index (χ1) is 17.5. The highest BCUT2D eigenvalue weighted by Crippen LogP contribution is 2.32. The number of nitrogens with zero attached hydrogens (tertiary/aromatic N) is 6. The van der Waals surface area contributed by atoms with Gasteiger partial charge in [0.2, 0.25) is 0 Å². The molecule has 0 N–H and O–H groups in total. The van der Waals surface area contributed by atoms with Crippen molar-refractivity contribution >= 4 is 17.5 Å². The van der Waals surface area contributed by atoms with Gasteiger partial charge in [0.25, 0.3) is 11.8 Å². The summed E-state index contributed by atoms with van der Waals surface area (Å²) in [6.07, 6.45) is 4.88. The number of piperazine rings is 1. The zero-order valence-electron chi connectivity index (χ0n) is 20.3. The van der Waals surface area contributed by atoms with Crippen LogP contribution in [0.15, 0.2) is 61.1 Å². The molecule has 0 radical (unpaired) electrons. The second-order valence-corrected chi connectivity index (χ2v) is 8.54. The minimum atomic E-state index is -0.195. The topological polar surface area (TPSA) is 102 Å². The van der Waals surface area contributed by atoms with Gasteiger partial charge < -0.3 is 19.3 Å². The zero-order valence-corrected chi connectivity index (χ0v) is 20.3. The summed E-state index contributed by atoms with van der Waals surface area (Å²) in [5, 5.41) is 4.59. The SMILES string of the molecule is COc1ccc(-c2ccnc3cc(C(=O)N4CCN(C(=O)c5cccnc5)[C@@H](C)C4)nn23)cc1OC. The van der Waals surface area contributed by atoms with Crippen LogP contribution in [-0.4, -0.2) is 81.1 Å². The van der Waals surface area contributed by atoms with Crippen LogP contribution in [-0.2, 0) is 0 Å². The van der Waals surface area contributed by atoms with Crippen LogP contribution in [0.2, 0.25) is 0 Å². The molecular formula is C26H26N6O4. The Balaban J connectivity index is 1.37. The molecule has 1 aliphatic heterocycles. The molecule has 3 aromatic heterocycles. The Labute approximate surface area is 208 Å². The Morgan fingerprint density at radius 1 is 0.972 bits per heavy atom. The van der Waals surface area contributed by atoms with Gasteiger partial charge in [-0.25, -0.2) is 9.50 Å². The van der Waals surface area contributed by atoms with Crippen LogP contribution in [0.1, 0.15) is 27.8 Å². The highest BCUT2D eigenvalue weighted by molar-refractivity contribution is 5.95. The highest BCUT2D eigenvalue weighted by Gasteiger charge is 2.31. The van der Waals surface area contributed by atoms with Crippen molar-refractivity contribution in [3.8, 4) is 22.8 Å². The van der Waals surface area contributed by atoms with E-state index in [1.165, 1.54) is 0 Å². The molecule has 1 aliphatic rings. The molecule has 1 atom stereocenters. The molecule has 4 aromatic rings. The molecule has 0 saturated carbocycles. The Morgan fingerprint density at radius 2 is 1.81 bits per heavy atom.